The van der Waals surface area contributed by atoms with E-state index in [2.05, 4.69) is 5.32 Å². The quantitative estimate of drug-likeness (QED) is 0.704. The van der Waals surface area contributed by atoms with Gasteiger partial charge in [-0.3, -0.25) is 0 Å². The highest BCUT2D eigenvalue weighted by atomic mass is 16.4. The number of allylic oxidation sites excluding steroid dienone is 1. The first-order valence-corrected chi connectivity index (χ1v) is 4.84. The summed E-state index contributed by atoms with van der Waals surface area (Å²) in [6, 6.07) is 0.533. The molecule has 0 bridgehead atoms. The third-order valence-corrected chi connectivity index (χ3v) is 2.45. The number of nitriles is 1. The fourth-order valence-electron chi connectivity index (χ4n) is 1.75. The van der Waals surface area contributed by atoms with Crippen molar-refractivity contribution in [1.82, 2.24) is 10.2 Å². The molecule has 1 unspecified atom stereocenters. The van der Waals surface area contributed by atoms with E-state index in [-0.39, 0.29) is 11.5 Å². The lowest BCUT2D eigenvalue weighted by atomic mass is 9.92. The van der Waals surface area contributed by atoms with E-state index in [9.17, 15) is 9.59 Å². The Balaban J connectivity index is 3.29. The number of imide groups is 1. The molecule has 0 aromatic carbocycles. The third kappa shape index (κ3) is 1.84. The Morgan fingerprint density at radius 1 is 1.62 bits per heavy atom. The molecule has 6 heteroatoms. The Labute approximate surface area is 93.1 Å². The Morgan fingerprint density at radius 3 is 2.56 bits per heavy atom. The molecule has 0 aromatic heterocycles. The van der Waals surface area contributed by atoms with Gasteiger partial charge in [0.05, 0.1) is 17.7 Å². The summed E-state index contributed by atoms with van der Waals surface area (Å²) in [5, 5.41) is 20.3. The van der Waals surface area contributed by atoms with E-state index >= 15 is 0 Å². The summed E-state index contributed by atoms with van der Waals surface area (Å²) in [5.41, 5.74) is 0.709. The number of carboxylic acid groups (broad SMARTS) is 1. The molecule has 2 N–H and O–H groups in total. The van der Waals surface area contributed by atoms with Gasteiger partial charge >= 0.3 is 12.1 Å². The maximum atomic E-state index is 11.5. The molecule has 0 radical (unpaired) electrons. The molecular formula is C10H13N3O3. The van der Waals surface area contributed by atoms with E-state index in [1.165, 1.54) is 0 Å². The Hall–Kier alpha value is -2.03. The first-order valence-electron chi connectivity index (χ1n) is 4.84. The van der Waals surface area contributed by atoms with Crippen molar-refractivity contribution < 1.29 is 14.7 Å². The molecule has 6 nitrogen and oxygen atoms in total. The van der Waals surface area contributed by atoms with Gasteiger partial charge in [0.1, 0.15) is 0 Å². The van der Waals surface area contributed by atoms with Crippen molar-refractivity contribution >= 4 is 12.1 Å². The van der Waals surface area contributed by atoms with Crippen LogP contribution in [0.25, 0.3) is 0 Å². The molecule has 0 saturated carbocycles. The second-order valence-corrected chi connectivity index (χ2v) is 3.92. The number of urea groups is 1. The number of carbonyl (C=O) groups excluding carboxylic acids is 1. The molecule has 1 atom stereocenters. The number of nitrogens with zero attached hydrogens (tertiary/aromatic N) is 2. The summed E-state index contributed by atoms with van der Waals surface area (Å²) in [5.74, 6) is -0.147. The molecule has 16 heavy (non-hydrogen) atoms. The van der Waals surface area contributed by atoms with Gasteiger partial charge in [0, 0.05) is 5.70 Å². The first-order chi connectivity index (χ1) is 7.40. The predicted molar refractivity (Wildman–Crippen MR) is 55.3 cm³/mol. The molecule has 1 rings (SSSR count). The van der Waals surface area contributed by atoms with E-state index in [1.54, 1.807) is 20.8 Å². The molecular weight excluding hydrogens is 210 g/mol. The number of rotatable bonds is 1. The average Bonchev–Trinajstić information content (AvgIpc) is 2.15. The van der Waals surface area contributed by atoms with Gasteiger partial charge in [0.25, 0.3) is 0 Å². The molecule has 1 aliphatic rings. The minimum Gasteiger partial charge on any atom is -0.465 e. The van der Waals surface area contributed by atoms with Crippen molar-refractivity contribution in [3.05, 3.63) is 11.3 Å². The van der Waals surface area contributed by atoms with E-state index in [1.807, 2.05) is 6.07 Å². The van der Waals surface area contributed by atoms with Crippen LogP contribution in [0.4, 0.5) is 9.59 Å². The standard InChI is InChI=1S/C10H13N3O3/c1-5(2)8-7(4-11)6(3)12-9(14)13(8)10(15)16/h5,8H,1-3H3,(H,12,14)(H,15,16). The van der Waals surface area contributed by atoms with Crippen LogP contribution in [-0.2, 0) is 0 Å². The molecule has 0 spiro atoms. The van der Waals surface area contributed by atoms with Crippen LogP contribution in [0.3, 0.4) is 0 Å². The van der Waals surface area contributed by atoms with E-state index in [0.717, 1.165) is 0 Å². The van der Waals surface area contributed by atoms with Gasteiger partial charge < -0.3 is 10.4 Å². The third-order valence-electron chi connectivity index (χ3n) is 2.45. The minimum atomic E-state index is -1.35. The molecule has 3 amide bonds. The zero-order valence-corrected chi connectivity index (χ0v) is 9.31. The molecule has 86 valence electrons. The fourth-order valence-corrected chi connectivity index (χ4v) is 1.75. The number of hydrogen-bond acceptors (Lipinski definition) is 3. The summed E-state index contributed by atoms with van der Waals surface area (Å²) in [6.07, 6.45) is -1.35. The van der Waals surface area contributed by atoms with Crippen LogP contribution in [0.2, 0.25) is 0 Å². The van der Waals surface area contributed by atoms with Gasteiger partial charge in [0.2, 0.25) is 0 Å². The summed E-state index contributed by atoms with van der Waals surface area (Å²) in [4.78, 5) is 23.2. The number of amides is 3. The Bertz CT molecular complexity index is 406. The van der Waals surface area contributed by atoms with E-state index < -0.39 is 18.2 Å². The van der Waals surface area contributed by atoms with Crippen LogP contribution in [0.1, 0.15) is 20.8 Å². The maximum absolute atomic E-state index is 11.5. The van der Waals surface area contributed by atoms with Crippen molar-refractivity contribution in [3.63, 3.8) is 0 Å². The molecule has 0 aliphatic carbocycles. The molecule has 0 aromatic rings. The first kappa shape index (κ1) is 12.0. The largest absolute Gasteiger partial charge is 0.465 e. The van der Waals surface area contributed by atoms with Gasteiger partial charge in [-0.2, -0.15) is 5.26 Å². The molecule has 1 aliphatic heterocycles. The monoisotopic (exact) mass is 223 g/mol. The normalized spacial score (nSPS) is 20.8. The summed E-state index contributed by atoms with van der Waals surface area (Å²) in [6.45, 7) is 5.12. The van der Waals surface area contributed by atoms with Crippen molar-refractivity contribution in [3.8, 4) is 6.07 Å². The van der Waals surface area contributed by atoms with Gasteiger partial charge in [-0.05, 0) is 12.8 Å². The Morgan fingerprint density at radius 2 is 2.19 bits per heavy atom. The highest BCUT2D eigenvalue weighted by Crippen LogP contribution is 2.25. The van der Waals surface area contributed by atoms with E-state index in [4.69, 9.17) is 10.4 Å². The van der Waals surface area contributed by atoms with Crippen molar-refractivity contribution in [1.29, 1.82) is 5.26 Å². The second-order valence-electron chi connectivity index (χ2n) is 3.92. The lowest BCUT2D eigenvalue weighted by Gasteiger charge is -2.34. The summed E-state index contributed by atoms with van der Waals surface area (Å²) in [7, 11) is 0. The van der Waals surface area contributed by atoms with E-state index in [0.29, 0.717) is 10.6 Å². The summed E-state index contributed by atoms with van der Waals surface area (Å²) < 4.78 is 0. The smallest absolute Gasteiger partial charge is 0.416 e. The fraction of sp³-hybridized carbons (Fsp3) is 0.500. The number of hydrogen-bond donors (Lipinski definition) is 2. The van der Waals surface area contributed by atoms with Gasteiger partial charge in [0.15, 0.2) is 0 Å². The molecule has 0 saturated heterocycles. The summed E-state index contributed by atoms with van der Waals surface area (Å²) >= 11 is 0. The highest BCUT2D eigenvalue weighted by molar-refractivity contribution is 5.93. The van der Waals surface area contributed by atoms with Crippen LogP contribution < -0.4 is 5.32 Å². The second kappa shape index (κ2) is 4.23. The van der Waals surface area contributed by atoms with Crippen LogP contribution in [0.15, 0.2) is 11.3 Å². The Kier molecular flexibility index (Phi) is 3.18. The van der Waals surface area contributed by atoms with Crippen molar-refractivity contribution in [2.75, 3.05) is 0 Å². The van der Waals surface area contributed by atoms with Crippen LogP contribution in [0, 0.1) is 17.2 Å². The van der Waals surface area contributed by atoms with Gasteiger partial charge in [-0.1, -0.05) is 13.8 Å². The van der Waals surface area contributed by atoms with Crippen LogP contribution in [-0.4, -0.2) is 28.2 Å². The maximum Gasteiger partial charge on any atom is 0.416 e. The lowest BCUT2D eigenvalue weighted by Crippen LogP contribution is -2.55. The topological polar surface area (TPSA) is 93.4 Å². The average molecular weight is 223 g/mol. The van der Waals surface area contributed by atoms with Crippen molar-refractivity contribution in [2.24, 2.45) is 5.92 Å². The SMILES string of the molecule is CC1=C(C#N)C(C(C)C)N(C(=O)O)C(=O)N1. The molecule has 0 fully saturated rings. The van der Waals surface area contributed by atoms with Gasteiger partial charge in [-0.25, -0.2) is 14.5 Å². The minimum absolute atomic E-state index is 0.147. The predicted octanol–water partition coefficient (Wildman–Crippen LogP) is 1.51. The van der Waals surface area contributed by atoms with Crippen LogP contribution in [0.5, 0.6) is 0 Å². The highest BCUT2D eigenvalue weighted by Gasteiger charge is 2.39. The van der Waals surface area contributed by atoms with Gasteiger partial charge in [-0.15, -0.1) is 0 Å². The molecule has 1 heterocycles. The number of carbonyl (C=O) groups is 2. The van der Waals surface area contributed by atoms with Crippen LogP contribution >= 0.6 is 0 Å². The number of nitrogens with one attached hydrogen (secondary N) is 1. The zero-order valence-electron chi connectivity index (χ0n) is 9.31. The lowest BCUT2D eigenvalue weighted by molar-refractivity contribution is 0.126. The zero-order chi connectivity index (χ0) is 12.5. The van der Waals surface area contributed by atoms with Crippen molar-refractivity contribution in [2.45, 2.75) is 26.8 Å².